The van der Waals surface area contributed by atoms with Gasteiger partial charge in [0.15, 0.2) is 0 Å². The number of rotatable bonds is 7. The fourth-order valence-electron chi connectivity index (χ4n) is 5.40. The first kappa shape index (κ1) is 22.8. The van der Waals surface area contributed by atoms with E-state index in [0.717, 1.165) is 18.4 Å². The summed E-state index contributed by atoms with van der Waals surface area (Å²) in [4.78, 5) is 0. The Morgan fingerprint density at radius 3 is 2.30 bits per heavy atom. The third-order valence-corrected chi connectivity index (χ3v) is 7.01. The van der Waals surface area contributed by atoms with Gasteiger partial charge < -0.3 is 0 Å². The lowest BCUT2D eigenvalue weighted by atomic mass is 9.73. The van der Waals surface area contributed by atoms with Crippen molar-refractivity contribution in [1.29, 1.82) is 0 Å². The van der Waals surface area contributed by atoms with E-state index >= 15 is 0 Å². The molecular weight excluding hydrogens is 396 g/mol. The molecule has 1 unspecified atom stereocenters. The van der Waals surface area contributed by atoms with Gasteiger partial charge in [0.05, 0.1) is 0 Å². The Hall–Kier alpha value is -3.38. The number of benzene rings is 3. The van der Waals surface area contributed by atoms with Crippen molar-refractivity contribution in [2.75, 3.05) is 0 Å². The third-order valence-electron chi connectivity index (χ3n) is 7.01. The van der Waals surface area contributed by atoms with E-state index in [2.05, 4.69) is 114 Å². The number of fused-ring (bicyclic) bond motifs is 4. The zero-order valence-corrected chi connectivity index (χ0v) is 20.4. The molecule has 0 radical (unpaired) electrons. The molecule has 0 saturated carbocycles. The molecule has 3 aromatic carbocycles. The van der Waals surface area contributed by atoms with Gasteiger partial charge in [-0.1, -0.05) is 105 Å². The fraction of sp³-hybridized carbons (Fsp3) is 0.212. The normalized spacial score (nSPS) is 17.9. The van der Waals surface area contributed by atoms with Crippen LogP contribution in [0, 0.1) is 6.92 Å². The van der Waals surface area contributed by atoms with Gasteiger partial charge in [0.1, 0.15) is 0 Å². The van der Waals surface area contributed by atoms with Crippen LogP contribution in [0.3, 0.4) is 0 Å². The molecule has 0 amide bonds. The van der Waals surface area contributed by atoms with Crippen molar-refractivity contribution in [3.8, 4) is 11.1 Å². The smallest absolute Gasteiger partial charge is 0.0227 e. The summed E-state index contributed by atoms with van der Waals surface area (Å²) < 4.78 is 0. The quantitative estimate of drug-likeness (QED) is 0.327. The number of allylic oxidation sites excluding steroid dienone is 8. The van der Waals surface area contributed by atoms with Crippen molar-refractivity contribution in [2.45, 2.75) is 46.0 Å². The SMILES string of the molecule is C=CC=CC(=C)C(CC)=C(C=CC)CC1(C)c2cc(C)ccc2-c2cc3ccccc3cc21. The van der Waals surface area contributed by atoms with Gasteiger partial charge in [-0.05, 0) is 88.6 Å². The van der Waals surface area contributed by atoms with Crippen LogP contribution in [0.5, 0.6) is 0 Å². The Labute approximate surface area is 199 Å². The van der Waals surface area contributed by atoms with Crippen LogP contribution >= 0.6 is 0 Å². The summed E-state index contributed by atoms with van der Waals surface area (Å²) in [6.07, 6.45) is 12.2. The molecule has 0 N–H and O–H groups in total. The van der Waals surface area contributed by atoms with Crippen molar-refractivity contribution in [3.63, 3.8) is 0 Å². The van der Waals surface area contributed by atoms with E-state index in [1.54, 1.807) is 0 Å². The van der Waals surface area contributed by atoms with Crippen LogP contribution in [0.2, 0.25) is 0 Å². The maximum Gasteiger partial charge on any atom is 0.0227 e. The lowest BCUT2D eigenvalue weighted by Crippen LogP contribution is -2.22. The van der Waals surface area contributed by atoms with Gasteiger partial charge in [-0.25, -0.2) is 0 Å². The summed E-state index contributed by atoms with van der Waals surface area (Å²) in [5.74, 6) is 0. The standard InChI is InChI=1S/C33H34/c1-7-10-14-24(5)28(9-3)27(13-8-2)22-33(6)31-19-23(4)17-18-29(31)30-20-25-15-11-12-16-26(25)21-32(30)33/h7-8,10-21H,1,5,9,22H2,2-4,6H3. The van der Waals surface area contributed by atoms with E-state index in [-0.39, 0.29) is 5.41 Å². The second-order valence-electron chi connectivity index (χ2n) is 9.28. The molecule has 0 aromatic heterocycles. The van der Waals surface area contributed by atoms with E-state index in [1.165, 1.54) is 49.7 Å². The molecule has 3 aromatic rings. The van der Waals surface area contributed by atoms with Gasteiger partial charge in [-0.15, -0.1) is 0 Å². The van der Waals surface area contributed by atoms with Crippen LogP contribution in [0.1, 0.15) is 50.3 Å². The molecule has 0 fully saturated rings. The Balaban J connectivity index is 1.96. The average Bonchev–Trinajstić information content (AvgIpc) is 3.04. The highest BCUT2D eigenvalue weighted by atomic mass is 14.4. The van der Waals surface area contributed by atoms with Crippen molar-refractivity contribution in [3.05, 3.63) is 132 Å². The minimum absolute atomic E-state index is 0.113. The Morgan fingerprint density at radius 2 is 1.64 bits per heavy atom. The van der Waals surface area contributed by atoms with E-state index < -0.39 is 0 Å². The van der Waals surface area contributed by atoms with E-state index in [9.17, 15) is 0 Å². The molecule has 0 nitrogen and oxygen atoms in total. The summed E-state index contributed by atoms with van der Waals surface area (Å²) in [5, 5.41) is 2.60. The minimum atomic E-state index is -0.113. The zero-order chi connectivity index (χ0) is 23.6. The summed E-state index contributed by atoms with van der Waals surface area (Å²) in [6, 6.07) is 20.5. The van der Waals surface area contributed by atoms with Crippen molar-refractivity contribution in [2.24, 2.45) is 0 Å². The number of aryl methyl sites for hydroxylation is 1. The van der Waals surface area contributed by atoms with Gasteiger partial charge in [-0.3, -0.25) is 0 Å². The van der Waals surface area contributed by atoms with E-state index in [0.29, 0.717) is 0 Å². The molecule has 0 spiro atoms. The number of hydrogen-bond acceptors (Lipinski definition) is 0. The van der Waals surface area contributed by atoms with Crippen LogP contribution in [0.4, 0.5) is 0 Å². The third kappa shape index (κ3) is 4.07. The highest BCUT2D eigenvalue weighted by Crippen LogP contribution is 2.53. The predicted octanol–water partition coefficient (Wildman–Crippen LogP) is 9.41. The predicted molar refractivity (Wildman–Crippen MR) is 146 cm³/mol. The fourth-order valence-corrected chi connectivity index (χ4v) is 5.40. The lowest BCUT2D eigenvalue weighted by molar-refractivity contribution is 0.582. The Bertz CT molecular complexity index is 1330. The first-order valence-corrected chi connectivity index (χ1v) is 11.9. The van der Waals surface area contributed by atoms with Crippen LogP contribution < -0.4 is 0 Å². The van der Waals surface area contributed by atoms with Crippen molar-refractivity contribution in [1.82, 2.24) is 0 Å². The Kier molecular flexibility index (Phi) is 6.38. The van der Waals surface area contributed by atoms with Gasteiger partial charge >= 0.3 is 0 Å². The molecule has 1 atom stereocenters. The van der Waals surface area contributed by atoms with Crippen LogP contribution in [0.25, 0.3) is 21.9 Å². The topological polar surface area (TPSA) is 0 Å². The Morgan fingerprint density at radius 1 is 0.939 bits per heavy atom. The van der Waals surface area contributed by atoms with Crippen LogP contribution in [-0.4, -0.2) is 0 Å². The molecule has 0 heterocycles. The van der Waals surface area contributed by atoms with Crippen molar-refractivity contribution >= 4 is 10.8 Å². The maximum absolute atomic E-state index is 4.38. The van der Waals surface area contributed by atoms with Crippen LogP contribution in [-0.2, 0) is 5.41 Å². The van der Waals surface area contributed by atoms with Gasteiger partial charge in [0.2, 0.25) is 0 Å². The molecule has 4 rings (SSSR count). The summed E-state index contributed by atoms with van der Waals surface area (Å²) in [7, 11) is 0. The summed E-state index contributed by atoms with van der Waals surface area (Å²) in [5.41, 5.74) is 10.5. The lowest BCUT2D eigenvalue weighted by Gasteiger charge is -2.30. The molecule has 33 heavy (non-hydrogen) atoms. The molecule has 166 valence electrons. The first-order chi connectivity index (χ1) is 15.9. The van der Waals surface area contributed by atoms with Crippen molar-refractivity contribution < 1.29 is 0 Å². The summed E-state index contributed by atoms with van der Waals surface area (Å²) >= 11 is 0. The highest BCUT2D eigenvalue weighted by Gasteiger charge is 2.40. The van der Waals surface area contributed by atoms with Gasteiger partial charge in [0.25, 0.3) is 0 Å². The molecular formula is C33H34. The molecule has 1 aliphatic carbocycles. The minimum Gasteiger partial charge on any atom is -0.0991 e. The largest absolute Gasteiger partial charge is 0.0991 e. The molecule has 1 aliphatic rings. The maximum atomic E-state index is 4.38. The molecule has 0 aliphatic heterocycles. The molecule has 0 bridgehead atoms. The zero-order valence-electron chi connectivity index (χ0n) is 20.4. The second kappa shape index (κ2) is 9.24. The number of hydrogen-bond donors (Lipinski definition) is 0. The first-order valence-electron chi connectivity index (χ1n) is 11.9. The van der Waals surface area contributed by atoms with Gasteiger partial charge in [-0.2, -0.15) is 0 Å². The van der Waals surface area contributed by atoms with E-state index in [4.69, 9.17) is 0 Å². The van der Waals surface area contributed by atoms with Gasteiger partial charge in [0, 0.05) is 5.41 Å². The van der Waals surface area contributed by atoms with Crippen LogP contribution in [0.15, 0.2) is 115 Å². The molecule has 0 saturated heterocycles. The highest BCUT2D eigenvalue weighted by molar-refractivity contribution is 5.93. The monoisotopic (exact) mass is 430 g/mol. The second-order valence-corrected chi connectivity index (χ2v) is 9.28. The summed E-state index contributed by atoms with van der Waals surface area (Å²) in [6.45, 7) is 17.1. The average molecular weight is 431 g/mol. The van der Waals surface area contributed by atoms with E-state index in [1.807, 2.05) is 12.2 Å². The molecule has 0 heteroatoms.